The van der Waals surface area contributed by atoms with Crippen molar-refractivity contribution in [3.63, 3.8) is 0 Å². The first-order valence-electron chi connectivity index (χ1n) is 10.7. The number of fused-ring (bicyclic) bond motifs is 2. The molecule has 8 nitrogen and oxygen atoms in total. The summed E-state index contributed by atoms with van der Waals surface area (Å²) < 4.78 is 0.213. The lowest BCUT2D eigenvalue weighted by Gasteiger charge is -2.38. The molecule has 1 aliphatic carbocycles. The zero-order valence-corrected chi connectivity index (χ0v) is 17.7. The maximum atomic E-state index is 12.2. The van der Waals surface area contributed by atoms with Gasteiger partial charge in [-0.25, -0.2) is 0 Å². The summed E-state index contributed by atoms with van der Waals surface area (Å²) >= 11 is 0. The van der Waals surface area contributed by atoms with Crippen molar-refractivity contribution in [2.75, 3.05) is 17.7 Å². The summed E-state index contributed by atoms with van der Waals surface area (Å²) in [6.07, 6.45) is 11.7. The lowest BCUT2D eigenvalue weighted by Crippen LogP contribution is -2.58. The average molecular weight is 407 g/mol. The predicted molar refractivity (Wildman–Crippen MR) is 119 cm³/mol. The first-order chi connectivity index (χ1) is 14.4. The topological polar surface area (TPSA) is 81.5 Å². The summed E-state index contributed by atoms with van der Waals surface area (Å²) in [5.74, 6) is 1.34. The van der Waals surface area contributed by atoms with Gasteiger partial charge in [0.15, 0.2) is 6.20 Å². The van der Waals surface area contributed by atoms with Gasteiger partial charge in [0.25, 0.3) is 5.96 Å². The van der Waals surface area contributed by atoms with Crippen LogP contribution < -0.4 is 10.6 Å². The van der Waals surface area contributed by atoms with Gasteiger partial charge in [0.05, 0.1) is 17.7 Å². The summed E-state index contributed by atoms with van der Waals surface area (Å²) in [7, 11) is 2.12. The van der Waals surface area contributed by atoms with E-state index in [0.29, 0.717) is 12.0 Å². The molecular weight excluding hydrogens is 378 g/mol. The van der Waals surface area contributed by atoms with Crippen LogP contribution in [0, 0.1) is 0 Å². The smallest absolute Gasteiger partial charge is 0.301 e. The second-order valence-electron chi connectivity index (χ2n) is 8.95. The molecule has 1 aromatic carbocycles. The monoisotopic (exact) mass is 406 g/mol. The summed E-state index contributed by atoms with van der Waals surface area (Å²) in [6.45, 7) is 3.87. The molecule has 1 atom stereocenters. The molecule has 0 spiro atoms. The standard InChI is InChI=1S/C22H27N7O/c1-22(2)17-10-9-15(13-18(17)25-20(22)30)24-21-26-19-14-23-11-12-29(19,27-21)28(3)16-7-5-4-6-8-16/h9-14,16H,4-8H2,1-3H3,(H-,24,25,27,30)/p+1. The van der Waals surface area contributed by atoms with Crippen LogP contribution in [-0.4, -0.2) is 46.7 Å². The Morgan fingerprint density at radius 2 is 2.03 bits per heavy atom. The SMILES string of the molecule is CN(C1CCCCC1)[N+]12C=CN=CC1=NC(Nc1ccc3c(c1)NC(=O)C3(C)C)=N2. The number of nitrogens with one attached hydrogen (secondary N) is 2. The second kappa shape index (κ2) is 6.85. The number of carbonyl (C=O) groups is 1. The van der Waals surface area contributed by atoms with Crippen LogP contribution in [0.2, 0.25) is 0 Å². The number of quaternary nitrogens is 1. The number of nitrogens with zero attached hydrogens (tertiary/aromatic N) is 5. The van der Waals surface area contributed by atoms with Crippen molar-refractivity contribution in [1.29, 1.82) is 0 Å². The zero-order valence-electron chi connectivity index (χ0n) is 17.7. The summed E-state index contributed by atoms with van der Waals surface area (Å²) in [4.78, 5) is 21.2. The number of rotatable bonds is 3. The van der Waals surface area contributed by atoms with Crippen LogP contribution in [0.3, 0.4) is 0 Å². The third kappa shape index (κ3) is 2.90. The lowest BCUT2D eigenvalue weighted by atomic mass is 9.86. The molecule has 0 saturated heterocycles. The molecule has 1 fully saturated rings. The molecule has 8 heteroatoms. The van der Waals surface area contributed by atoms with Gasteiger partial charge in [0.1, 0.15) is 6.21 Å². The van der Waals surface area contributed by atoms with Crippen LogP contribution in [0.4, 0.5) is 11.4 Å². The Balaban J connectivity index is 1.43. The minimum Gasteiger partial charge on any atom is -0.325 e. The third-order valence-corrected chi connectivity index (χ3v) is 6.70. The number of aliphatic imine (C=N–C) groups is 2. The van der Waals surface area contributed by atoms with E-state index in [1.54, 1.807) is 12.4 Å². The highest BCUT2D eigenvalue weighted by Crippen LogP contribution is 2.39. The molecular formula is C22H28N7O+. The van der Waals surface area contributed by atoms with Crippen molar-refractivity contribution < 1.29 is 9.50 Å². The van der Waals surface area contributed by atoms with Crippen molar-refractivity contribution in [2.45, 2.75) is 57.4 Å². The number of amidine groups is 1. The van der Waals surface area contributed by atoms with Crippen molar-refractivity contribution >= 4 is 35.3 Å². The van der Waals surface area contributed by atoms with Crippen molar-refractivity contribution in [1.82, 2.24) is 5.01 Å². The third-order valence-electron chi connectivity index (χ3n) is 6.70. The Morgan fingerprint density at radius 1 is 1.23 bits per heavy atom. The molecule has 3 heterocycles. The number of hydrogen-bond donors (Lipinski definition) is 2. The van der Waals surface area contributed by atoms with Crippen LogP contribution in [0.1, 0.15) is 51.5 Å². The highest BCUT2D eigenvalue weighted by Gasteiger charge is 2.47. The quantitative estimate of drug-likeness (QED) is 0.753. The number of carbonyl (C=O) groups excluding carboxylic acids is 1. The summed E-state index contributed by atoms with van der Waals surface area (Å²) in [6, 6.07) is 6.37. The molecule has 0 bridgehead atoms. The Hall–Kier alpha value is -2.84. The number of guanidine groups is 1. The van der Waals surface area contributed by atoms with Gasteiger partial charge in [0.2, 0.25) is 5.91 Å². The van der Waals surface area contributed by atoms with Crippen LogP contribution in [0.25, 0.3) is 0 Å². The van der Waals surface area contributed by atoms with Gasteiger partial charge in [-0.15, -0.1) is 10.0 Å². The van der Waals surface area contributed by atoms with Crippen LogP contribution in [0.5, 0.6) is 0 Å². The minimum absolute atomic E-state index is 0.0187. The molecule has 1 amide bonds. The van der Waals surface area contributed by atoms with E-state index in [0.717, 1.165) is 22.8 Å². The molecule has 5 rings (SSSR count). The molecule has 1 unspecified atom stereocenters. The van der Waals surface area contributed by atoms with E-state index in [1.807, 2.05) is 38.2 Å². The molecule has 4 aliphatic rings. The maximum Gasteiger partial charge on any atom is 0.301 e. The van der Waals surface area contributed by atoms with E-state index in [2.05, 4.69) is 27.7 Å². The predicted octanol–water partition coefficient (Wildman–Crippen LogP) is 3.56. The maximum absolute atomic E-state index is 12.2. The van der Waals surface area contributed by atoms with Gasteiger partial charge < -0.3 is 10.6 Å². The first-order valence-corrected chi connectivity index (χ1v) is 10.7. The Morgan fingerprint density at radius 3 is 2.83 bits per heavy atom. The largest absolute Gasteiger partial charge is 0.325 e. The number of amides is 1. The fraction of sp³-hybridized carbons (Fsp3) is 0.455. The fourth-order valence-corrected chi connectivity index (χ4v) is 4.76. The Kier molecular flexibility index (Phi) is 4.37. The van der Waals surface area contributed by atoms with Crippen molar-refractivity contribution in [2.24, 2.45) is 15.1 Å². The number of anilines is 2. The van der Waals surface area contributed by atoms with E-state index >= 15 is 0 Å². The zero-order chi connectivity index (χ0) is 20.9. The molecule has 2 N–H and O–H groups in total. The molecule has 156 valence electrons. The molecule has 3 aliphatic heterocycles. The van der Waals surface area contributed by atoms with Gasteiger partial charge in [-0.3, -0.25) is 9.79 Å². The molecule has 1 aromatic rings. The highest BCUT2D eigenvalue weighted by atomic mass is 16.2. The van der Waals surface area contributed by atoms with Gasteiger partial charge in [0, 0.05) is 18.4 Å². The second-order valence-corrected chi connectivity index (χ2v) is 8.95. The van der Waals surface area contributed by atoms with Crippen molar-refractivity contribution in [3.8, 4) is 0 Å². The Bertz CT molecular complexity index is 1020. The van der Waals surface area contributed by atoms with E-state index in [1.165, 1.54) is 32.1 Å². The van der Waals surface area contributed by atoms with Gasteiger partial charge >= 0.3 is 5.84 Å². The first kappa shape index (κ1) is 19.1. The number of benzene rings is 1. The van der Waals surface area contributed by atoms with Gasteiger partial charge in [-0.05, 0) is 54.2 Å². The average Bonchev–Trinajstić information content (AvgIpc) is 3.22. The lowest BCUT2D eigenvalue weighted by molar-refractivity contribution is -0.919. The van der Waals surface area contributed by atoms with E-state index in [9.17, 15) is 4.79 Å². The molecule has 1 saturated carbocycles. The van der Waals surface area contributed by atoms with Crippen LogP contribution in [0.15, 0.2) is 45.7 Å². The van der Waals surface area contributed by atoms with Gasteiger partial charge in [-0.2, -0.15) is 0 Å². The van der Waals surface area contributed by atoms with Crippen LogP contribution in [-0.2, 0) is 10.2 Å². The minimum atomic E-state index is -0.515. The van der Waals surface area contributed by atoms with Gasteiger partial charge in [-0.1, -0.05) is 25.3 Å². The van der Waals surface area contributed by atoms with Crippen LogP contribution >= 0.6 is 0 Å². The van der Waals surface area contributed by atoms with E-state index in [-0.39, 0.29) is 10.6 Å². The molecule has 30 heavy (non-hydrogen) atoms. The van der Waals surface area contributed by atoms with E-state index < -0.39 is 5.41 Å². The highest BCUT2D eigenvalue weighted by molar-refractivity contribution is 6.30. The van der Waals surface area contributed by atoms with E-state index in [4.69, 9.17) is 10.1 Å². The molecule has 0 radical (unpaired) electrons. The molecule has 0 aromatic heterocycles. The summed E-state index contributed by atoms with van der Waals surface area (Å²) in [5.41, 5.74) is 2.17. The van der Waals surface area contributed by atoms with Crippen molar-refractivity contribution in [3.05, 3.63) is 36.2 Å². The summed E-state index contributed by atoms with van der Waals surface area (Å²) in [5, 5.41) is 13.5. The Labute approximate surface area is 176 Å². The fourth-order valence-electron chi connectivity index (χ4n) is 4.76. The number of hydrogen-bond acceptors (Lipinski definition) is 6. The normalized spacial score (nSPS) is 26.9.